The zero-order chi connectivity index (χ0) is 9.73. The van der Waals surface area contributed by atoms with Gasteiger partial charge in [0.1, 0.15) is 0 Å². The molecule has 1 rings (SSSR count). The van der Waals surface area contributed by atoms with Crippen LogP contribution >= 0.6 is 10.7 Å². The molecule has 0 aliphatic carbocycles. The smallest absolute Gasteiger partial charge is 0.236 e. The Hall–Kier alpha value is -0.0600. The fraction of sp³-hybridized carbons (Fsp3) is 0.750. The minimum atomic E-state index is -3.36. The van der Waals surface area contributed by atoms with E-state index < -0.39 is 9.05 Å². The molecule has 1 aliphatic heterocycles. The van der Waals surface area contributed by atoms with Gasteiger partial charge in [0.05, 0.1) is 5.75 Å². The fourth-order valence-corrected chi connectivity index (χ4v) is 1.96. The van der Waals surface area contributed by atoms with Crippen molar-refractivity contribution in [2.75, 3.05) is 18.8 Å². The molecule has 0 amide bonds. The summed E-state index contributed by atoms with van der Waals surface area (Å²) in [4.78, 5) is 0. The van der Waals surface area contributed by atoms with Gasteiger partial charge >= 0.3 is 0 Å². The molecule has 0 radical (unpaired) electrons. The highest BCUT2D eigenvalue weighted by Crippen LogP contribution is 2.13. The molecule has 0 aromatic heterocycles. The minimum absolute atomic E-state index is 0.0571. The second kappa shape index (κ2) is 4.98. The van der Waals surface area contributed by atoms with Crippen LogP contribution in [-0.2, 0) is 9.05 Å². The zero-order valence-corrected chi connectivity index (χ0v) is 8.94. The Labute approximate surface area is 83.6 Å². The van der Waals surface area contributed by atoms with Gasteiger partial charge in [-0.2, -0.15) is 0 Å². The Bertz CT molecular complexity index is 268. The van der Waals surface area contributed by atoms with E-state index in [0.717, 1.165) is 25.9 Å². The maximum Gasteiger partial charge on any atom is 0.236 e. The summed E-state index contributed by atoms with van der Waals surface area (Å²) in [5.74, 6) is 0.457. The van der Waals surface area contributed by atoms with Gasteiger partial charge in [0.2, 0.25) is 9.05 Å². The van der Waals surface area contributed by atoms with Gasteiger partial charge in [0, 0.05) is 10.7 Å². The van der Waals surface area contributed by atoms with Crippen molar-refractivity contribution in [3.8, 4) is 0 Å². The maximum atomic E-state index is 10.6. The van der Waals surface area contributed by atoms with Crippen LogP contribution < -0.4 is 5.32 Å². The van der Waals surface area contributed by atoms with Crippen LogP contribution in [0, 0.1) is 5.92 Å². The molecule has 0 atom stereocenters. The lowest BCUT2D eigenvalue weighted by atomic mass is 9.98. The first kappa shape index (κ1) is 11.0. The Balaban J connectivity index is 2.30. The van der Waals surface area contributed by atoms with E-state index in [1.165, 1.54) is 0 Å². The average Bonchev–Trinajstić information content (AvgIpc) is 2.04. The van der Waals surface area contributed by atoms with Crippen molar-refractivity contribution >= 4 is 19.7 Å². The minimum Gasteiger partial charge on any atom is -0.317 e. The van der Waals surface area contributed by atoms with Crippen LogP contribution in [0.15, 0.2) is 12.2 Å². The molecule has 0 aromatic rings. The molecule has 0 unspecified atom stereocenters. The van der Waals surface area contributed by atoms with Crippen molar-refractivity contribution in [1.82, 2.24) is 5.32 Å². The first-order chi connectivity index (χ1) is 6.08. The molecule has 0 spiro atoms. The summed E-state index contributed by atoms with van der Waals surface area (Å²) < 4.78 is 21.1. The quantitative estimate of drug-likeness (QED) is 0.576. The molecule has 1 saturated heterocycles. The van der Waals surface area contributed by atoms with Crippen LogP contribution in [0.1, 0.15) is 12.8 Å². The normalized spacial score (nSPS) is 21.0. The summed E-state index contributed by atoms with van der Waals surface area (Å²) in [7, 11) is 1.70. The van der Waals surface area contributed by atoms with Crippen molar-refractivity contribution in [3.05, 3.63) is 12.2 Å². The molecular weight excluding hydrogens is 210 g/mol. The fourth-order valence-electron chi connectivity index (χ4n) is 1.40. The number of allylic oxidation sites excluding steroid dienone is 1. The Kier molecular flexibility index (Phi) is 4.22. The predicted molar refractivity (Wildman–Crippen MR) is 54.4 cm³/mol. The average molecular weight is 224 g/mol. The summed E-state index contributed by atoms with van der Waals surface area (Å²) >= 11 is 0. The lowest BCUT2D eigenvalue weighted by Crippen LogP contribution is -2.26. The van der Waals surface area contributed by atoms with E-state index >= 15 is 0 Å². The molecular formula is C8H14ClNO2S. The van der Waals surface area contributed by atoms with E-state index in [1.807, 2.05) is 6.08 Å². The van der Waals surface area contributed by atoms with E-state index in [0.29, 0.717) is 5.92 Å². The van der Waals surface area contributed by atoms with Crippen molar-refractivity contribution < 1.29 is 8.42 Å². The largest absolute Gasteiger partial charge is 0.317 e. The summed E-state index contributed by atoms with van der Waals surface area (Å²) in [5, 5.41) is 3.24. The highest BCUT2D eigenvalue weighted by molar-refractivity contribution is 8.13. The molecule has 1 N–H and O–H groups in total. The Morgan fingerprint density at radius 1 is 1.38 bits per heavy atom. The van der Waals surface area contributed by atoms with Crippen molar-refractivity contribution in [3.63, 3.8) is 0 Å². The van der Waals surface area contributed by atoms with Gasteiger partial charge in [0.15, 0.2) is 0 Å². The van der Waals surface area contributed by atoms with Crippen LogP contribution in [0.3, 0.4) is 0 Å². The molecule has 0 aromatic carbocycles. The summed E-state index contributed by atoms with van der Waals surface area (Å²) in [6, 6.07) is 0. The van der Waals surface area contributed by atoms with E-state index in [4.69, 9.17) is 10.7 Å². The first-order valence-corrected chi connectivity index (χ1v) is 6.85. The topological polar surface area (TPSA) is 46.2 Å². The maximum absolute atomic E-state index is 10.6. The molecule has 3 nitrogen and oxygen atoms in total. The molecule has 0 bridgehead atoms. The van der Waals surface area contributed by atoms with Gasteiger partial charge in [0.25, 0.3) is 0 Å². The highest BCUT2D eigenvalue weighted by atomic mass is 35.7. The third kappa shape index (κ3) is 5.29. The van der Waals surface area contributed by atoms with Gasteiger partial charge in [-0.25, -0.2) is 8.42 Å². The highest BCUT2D eigenvalue weighted by Gasteiger charge is 2.09. The molecule has 0 saturated carbocycles. The van der Waals surface area contributed by atoms with Gasteiger partial charge < -0.3 is 5.32 Å². The Morgan fingerprint density at radius 3 is 2.54 bits per heavy atom. The first-order valence-electron chi connectivity index (χ1n) is 4.37. The molecule has 1 heterocycles. The number of hydrogen-bond acceptors (Lipinski definition) is 3. The van der Waals surface area contributed by atoms with Gasteiger partial charge in [-0.15, -0.1) is 0 Å². The zero-order valence-electron chi connectivity index (χ0n) is 7.37. The number of halogens is 1. The monoisotopic (exact) mass is 223 g/mol. The number of nitrogens with one attached hydrogen (secondary N) is 1. The van der Waals surface area contributed by atoms with E-state index in [1.54, 1.807) is 6.08 Å². The van der Waals surface area contributed by atoms with E-state index in [9.17, 15) is 8.42 Å². The Morgan fingerprint density at radius 2 is 2.00 bits per heavy atom. The SMILES string of the molecule is O=S(=O)(Cl)C/C=C/C1CCNCC1. The number of rotatable bonds is 3. The molecule has 76 valence electrons. The molecule has 5 heteroatoms. The third-order valence-corrected chi connectivity index (χ3v) is 3.06. The van der Waals surface area contributed by atoms with Crippen LogP contribution in [0.2, 0.25) is 0 Å². The van der Waals surface area contributed by atoms with Crippen LogP contribution in [-0.4, -0.2) is 27.3 Å². The van der Waals surface area contributed by atoms with Crippen molar-refractivity contribution in [1.29, 1.82) is 0 Å². The van der Waals surface area contributed by atoms with Crippen LogP contribution in [0.25, 0.3) is 0 Å². The van der Waals surface area contributed by atoms with E-state index in [-0.39, 0.29) is 5.75 Å². The standard InChI is InChI=1S/C8H14ClNO2S/c9-13(11,12)7-1-2-8-3-5-10-6-4-8/h1-2,8,10H,3-7H2/b2-1+. The van der Waals surface area contributed by atoms with Crippen molar-refractivity contribution in [2.45, 2.75) is 12.8 Å². The summed E-state index contributed by atoms with van der Waals surface area (Å²) in [6.07, 6.45) is 5.77. The predicted octanol–water partition coefficient (Wildman–Crippen LogP) is 1.11. The lowest BCUT2D eigenvalue weighted by molar-refractivity contribution is 0.436. The van der Waals surface area contributed by atoms with Crippen molar-refractivity contribution in [2.24, 2.45) is 5.92 Å². The molecule has 13 heavy (non-hydrogen) atoms. The van der Waals surface area contributed by atoms with Gasteiger partial charge in [-0.05, 0) is 31.8 Å². The van der Waals surface area contributed by atoms with Crippen LogP contribution in [0.4, 0.5) is 0 Å². The number of piperidine rings is 1. The van der Waals surface area contributed by atoms with Gasteiger partial charge in [-0.3, -0.25) is 0 Å². The second-order valence-electron chi connectivity index (χ2n) is 3.22. The van der Waals surface area contributed by atoms with E-state index in [2.05, 4.69) is 5.32 Å². The lowest BCUT2D eigenvalue weighted by Gasteiger charge is -2.18. The number of hydrogen-bond donors (Lipinski definition) is 1. The van der Waals surface area contributed by atoms with Crippen LogP contribution in [0.5, 0.6) is 0 Å². The molecule has 1 fully saturated rings. The third-order valence-electron chi connectivity index (χ3n) is 2.09. The second-order valence-corrected chi connectivity index (χ2v) is 6.04. The van der Waals surface area contributed by atoms with Gasteiger partial charge in [-0.1, -0.05) is 12.2 Å². The summed E-state index contributed by atoms with van der Waals surface area (Å²) in [5.41, 5.74) is 0. The molecule has 1 aliphatic rings. The summed E-state index contributed by atoms with van der Waals surface area (Å²) in [6.45, 7) is 2.03.